The average Bonchev–Trinajstić information content (AvgIpc) is 3.27. The van der Waals surface area contributed by atoms with Crippen molar-refractivity contribution in [2.75, 3.05) is 7.05 Å². The molecular formula is C20H15N3O5. The molecule has 2 fully saturated rings. The molecule has 0 aromatic heterocycles. The van der Waals surface area contributed by atoms with E-state index in [1.807, 2.05) is 0 Å². The fourth-order valence-electron chi connectivity index (χ4n) is 4.32. The molecule has 8 heteroatoms. The van der Waals surface area contributed by atoms with Gasteiger partial charge in [0.05, 0.1) is 5.56 Å². The summed E-state index contributed by atoms with van der Waals surface area (Å²) in [6, 6.07) is 17.0. The van der Waals surface area contributed by atoms with E-state index in [9.17, 15) is 19.6 Å². The van der Waals surface area contributed by atoms with E-state index in [2.05, 4.69) is 0 Å². The number of carbonyl (C=O) groups excluding carboxylic acids is 3. The topological polar surface area (TPSA) is 93.0 Å². The quantitative estimate of drug-likeness (QED) is 0.433. The number of hydrazine groups is 1. The second-order valence-electron chi connectivity index (χ2n) is 6.96. The van der Waals surface area contributed by atoms with Gasteiger partial charge in [-0.25, -0.2) is 4.84 Å². The highest BCUT2D eigenvalue weighted by Gasteiger charge is 2.77. The van der Waals surface area contributed by atoms with Crippen LogP contribution in [0.1, 0.15) is 11.1 Å². The number of likely N-dealkylation sites (tertiary alicyclic amines) is 1. The number of Topliss-reactive ketones (excluding diaryl/α,β-unsaturated/α-hetero) is 1. The summed E-state index contributed by atoms with van der Waals surface area (Å²) >= 11 is 0. The highest BCUT2D eigenvalue weighted by atomic mass is 16.8. The molecule has 0 aliphatic carbocycles. The van der Waals surface area contributed by atoms with Gasteiger partial charge in [0.15, 0.2) is 6.10 Å². The summed E-state index contributed by atoms with van der Waals surface area (Å²) in [6.07, 6.45) is -1.21. The highest BCUT2D eigenvalue weighted by Crippen LogP contribution is 2.52. The normalized spacial score (nSPS) is 29.0. The number of imide groups is 1. The number of hydrazone groups is 1. The van der Waals surface area contributed by atoms with E-state index in [4.69, 9.17) is 4.84 Å². The van der Waals surface area contributed by atoms with Crippen molar-refractivity contribution in [2.24, 2.45) is 5.92 Å². The Labute approximate surface area is 159 Å². The standard InChI is InChI=1S/C20H15N3O5/c1-21-18(25)14-16(19(21)26)28-23-20(14,13-10-6-3-7-11-13)17(24)15(22(23)27)12-8-4-2-5-9-12/h2-11,14,16H,1H3. The van der Waals surface area contributed by atoms with E-state index in [0.29, 0.717) is 16.0 Å². The Balaban J connectivity index is 1.77. The number of nitrogens with zero attached hydrogens (tertiary/aromatic N) is 3. The van der Waals surface area contributed by atoms with Gasteiger partial charge in [0.1, 0.15) is 5.92 Å². The van der Waals surface area contributed by atoms with Crippen LogP contribution in [0.25, 0.3) is 0 Å². The van der Waals surface area contributed by atoms with Crippen LogP contribution in [0.15, 0.2) is 60.7 Å². The molecule has 0 bridgehead atoms. The molecule has 2 aromatic carbocycles. The summed E-state index contributed by atoms with van der Waals surface area (Å²) in [5.74, 6) is -2.82. The third-order valence-electron chi connectivity index (χ3n) is 5.62. The second-order valence-corrected chi connectivity index (χ2v) is 6.96. The first-order valence-corrected chi connectivity index (χ1v) is 8.78. The van der Waals surface area contributed by atoms with Crippen LogP contribution in [-0.4, -0.2) is 51.4 Å². The molecule has 0 N–H and O–H groups in total. The first-order valence-electron chi connectivity index (χ1n) is 8.78. The molecule has 0 radical (unpaired) electrons. The van der Waals surface area contributed by atoms with Gasteiger partial charge in [0, 0.05) is 7.05 Å². The molecule has 3 heterocycles. The predicted molar refractivity (Wildman–Crippen MR) is 95.3 cm³/mol. The monoisotopic (exact) mass is 377 g/mol. The minimum Gasteiger partial charge on any atom is -0.594 e. The maximum atomic E-state index is 13.7. The Morgan fingerprint density at radius 2 is 1.57 bits per heavy atom. The number of hydrogen-bond acceptors (Lipinski definition) is 6. The first kappa shape index (κ1) is 16.6. The Hall–Kier alpha value is -3.52. The van der Waals surface area contributed by atoms with Crippen molar-refractivity contribution in [3.63, 3.8) is 0 Å². The lowest BCUT2D eigenvalue weighted by atomic mass is 9.73. The third kappa shape index (κ3) is 1.77. The molecule has 2 saturated heterocycles. The lowest BCUT2D eigenvalue weighted by Crippen LogP contribution is -2.51. The number of ketones is 1. The molecule has 3 aliphatic heterocycles. The fraction of sp³-hybridized carbons (Fsp3) is 0.200. The maximum absolute atomic E-state index is 13.7. The van der Waals surface area contributed by atoms with E-state index in [-0.39, 0.29) is 5.71 Å². The SMILES string of the molecule is CN1C(=O)C2ON3[N+]([O-])=C(c4ccccc4)C(=O)C3(c3ccccc3)C2C1=O. The average molecular weight is 377 g/mol. The van der Waals surface area contributed by atoms with Crippen LogP contribution in [0.5, 0.6) is 0 Å². The predicted octanol–water partition coefficient (Wildman–Crippen LogP) is 0.610. The molecule has 140 valence electrons. The van der Waals surface area contributed by atoms with Gasteiger partial charge in [-0.05, 0) is 27.7 Å². The number of carbonyl (C=O) groups is 3. The van der Waals surface area contributed by atoms with Crippen LogP contribution < -0.4 is 0 Å². The lowest BCUT2D eigenvalue weighted by molar-refractivity contribution is -0.720. The number of hydroxylamine groups is 1. The Kier molecular flexibility index (Phi) is 3.26. The van der Waals surface area contributed by atoms with Crippen molar-refractivity contribution in [2.45, 2.75) is 11.6 Å². The third-order valence-corrected chi connectivity index (χ3v) is 5.62. The molecule has 3 aliphatic rings. The van der Waals surface area contributed by atoms with E-state index in [1.165, 1.54) is 7.05 Å². The van der Waals surface area contributed by atoms with E-state index < -0.39 is 35.2 Å². The molecule has 0 spiro atoms. The van der Waals surface area contributed by atoms with Crippen LogP contribution in [-0.2, 0) is 24.8 Å². The van der Waals surface area contributed by atoms with E-state index >= 15 is 0 Å². The molecule has 28 heavy (non-hydrogen) atoms. The van der Waals surface area contributed by atoms with Crippen LogP contribution in [0.2, 0.25) is 0 Å². The van der Waals surface area contributed by atoms with Gasteiger partial charge in [-0.1, -0.05) is 48.5 Å². The van der Waals surface area contributed by atoms with Gasteiger partial charge in [-0.2, -0.15) is 0 Å². The zero-order valence-corrected chi connectivity index (χ0v) is 14.8. The van der Waals surface area contributed by atoms with E-state index in [1.54, 1.807) is 60.7 Å². The summed E-state index contributed by atoms with van der Waals surface area (Å²) in [6.45, 7) is 0. The molecule has 2 aromatic rings. The van der Waals surface area contributed by atoms with Crippen LogP contribution in [0.3, 0.4) is 0 Å². The van der Waals surface area contributed by atoms with Crippen molar-refractivity contribution < 1.29 is 24.1 Å². The molecule has 2 amide bonds. The molecule has 3 atom stereocenters. The number of hydrogen-bond donors (Lipinski definition) is 0. The van der Waals surface area contributed by atoms with Crippen molar-refractivity contribution in [1.29, 1.82) is 0 Å². The van der Waals surface area contributed by atoms with Crippen molar-refractivity contribution in [3.05, 3.63) is 77.0 Å². The minimum absolute atomic E-state index is 0.127. The van der Waals surface area contributed by atoms with Gasteiger partial charge in [-0.3, -0.25) is 19.3 Å². The van der Waals surface area contributed by atoms with Crippen LogP contribution >= 0.6 is 0 Å². The van der Waals surface area contributed by atoms with Gasteiger partial charge in [0.25, 0.3) is 17.4 Å². The summed E-state index contributed by atoms with van der Waals surface area (Å²) in [5, 5.41) is 14.0. The second kappa shape index (κ2) is 5.49. The fourth-order valence-corrected chi connectivity index (χ4v) is 4.32. The number of fused-ring (bicyclic) bond motifs is 3. The highest BCUT2D eigenvalue weighted by molar-refractivity contribution is 6.48. The van der Waals surface area contributed by atoms with Crippen molar-refractivity contribution >= 4 is 23.3 Å². The first-order chi connectivity index (χ1) is 13.5. The number of rotatable bonds is 2. The van der Waals surface area contributed by atoms with Gasteiger partial charge in [0.2, 0.25) is 11.4 Å². The zero-order chi connectivity index (χ0) is 19.6. The summed E-state index contributed by atoms with van der Waals surface area (Å²) in [7, 11) is 1.35. The molecule has 8 nitrogen and oxygen atoms in total. The summed E-state index contributed by atoms with van der Waals surface area (Å²) in [5.41, 5.74) is -1.01. The minimum atomic E-state index is -1.73. The molecular weight excluding hydrogens is 362 g/mol. The summed E-state index contributed by atoms with van der Waals surface area (Å²) in [4.78, 5) is 46.1. The molecule has 5 rings (SSSR count). The molecule has 3 unspecified atom stereocenters. The van der Waals surface area contributed by atoms with E-state index in [0.717, 1.165) is 10.1 Å². The smallest absolute Gasteiger partial charge is 0.297 e. The Morgan fingerprint density at radius 1 is 0.964 bits per heavy atom. The molecule has 0 saturated carbocycles. The van der Waals surface area contributed by atoms with Crippen LogP contribution in [0, 0.1) is 11.1 Å². The number of likely N-dealkylation sites (N-methyl/N-ethyl adjacent to an activating group) is 1. The largest absolute Gasteiger partial charge is 0.594 e. The van der Waals surface area contributed by atoms with Crippen molar-refractivity contribution in [3.8, 4) is 0 Å². The number of benzene rings is 2. The lowest BCUT2D eigenvalue weighted by Gasteiger charge is -2.29. The van der Waals surface area contributed by atoms with Gasteiger partial charge >= 0.3 is 0 Å². The van der Waals surface area contributed by atoms with Gasteiger partial charge in [-0.15, -0.1) is 0 Å². The Morgan fingerprint density at radius 3 is 2.21 bits per heavy atom. The number of amides is 2. The van der Waals surface area contributed by atoms with Crippen LogP contribution in [0.4, 0.5) is 0 Å². The van der Waals surface area contributed by atoms with Gasteiger partial charge < -0.3 is 5.21 Å². The van der Waals surface area contributed by atoms with Crippen molar-refractivity contribution in [1.82, 2.24) is 10.1 Å². The Bertz CT molecular complexity index is 1050. The maximum Gasteiger partial charge on any atom is 0.297 e. The summed E-state index contributed by atoms with van der Waals surface area (Å²) < 4.78 is 0. The zero-order valence-electron chi connectivity index (χ0n) is 14.8.